The number of nitrogens with one attached hydrogen (secondary N) is 1. The quantitative estimate of drug-likeness (QED) is 0.651. The minimum Gasteiger partial charge on any atom is -0.386 e. The van der Waals surface area contributed by atoms with Gasteiger partial charge in [0.25, 0.3) is 0 Å². The topological polar surface area (TPSA) is 67.8 Å². The molecular formula is C15H22FN2O2S+. The summed E-state index contributed by atoms with van der Waals surface area (Å²) < 4.78 is 12.8. The Morgan fingerprint density at radius 2 is 2.00 bits per heavy atom. The second kappa shape index (κ2) is 7.77. The lowest BCUT2D eigenvalue weighted by atomic mass is 9.96. The molecule has 1 atom stereocenters. The second-order valence-corrected chi connectivity index (χ2v) is 6.64. The number of aliphatic hydroxyl groups is 1. The van der Waals surface area contributed by atoms with Gasteiger partial charge in [0.15, 0.2) is 0 Å². The molecule has 0 aromatic heterocycles. The number of nitrogens with two attached hydrogens (primary N) is 1. The summed E-state index contributed by atoms with van der Waals surface area (Å²) in [5.74, 6) is 0.136. The molecule has 116 valence electrons. The van der Waals surface area contributed by atoms with E-state index in [0.717, 1.165) is 30.8 Å². The van der Waals surface area contributed by atoms with Gasteiger partial charge in [-0.15, -0.1) is 11.8 Å². The Morgan fingerprint density at radius 1 is 1.38 bits per heavy atom. The first-order valence-corrected chi connectivity index (χ1v) is 8.22. The average Bonchev–Trinajstić information content (AvgIpc) is 2.47. The number of aliphatic hydroxyl groups excluding tert-OH is 1. The number of carbonyl (C=O) groups excluding carboxylic acids is 1. The molecule has 1 amide bonds. The van der Waals surface area contributed by atoms with E-state index in [0.29, 0.717) is 12.3 Å². The lowest BCUT2D eigenvalue weighted by Crippen LogP contribution is -3.14. The smallest absolute Gasteiger partial charge is 0.220 e. The molecule has 1 fully saturated rings. The van der Waals surface area contributed by atoms with Gasteiger partial charge in [0, 0.05) is 29.4 Å². The first-order chi connectivity index (χ1) is 10.0. The third-order valence-corrected chi connectivity index (χ3v) is 5.03. The number of halogens is 1. The van der Waals surface area contributed by atoms with Crippen molar-refractivity contribution >= 4 is 17.7 Å². The van der Waals surface area contributed by atoms with E-state index in [4.69, 9.17) is 5.73 Å². The summed E-state index contributed by atoms with van der Waals surface area (Å²) >= 11 is 1.53. The summed E-state index contributed by atoms with van der Waals surface area (Å²) in [4.78, 5) is 13.4. The SMILES string of the molecule is NC(=O)C1CC[NH+](C[C@H](O)CSc2ccc(F)cc2)CC1. The number of quaternary nitrogens is 1. The van der Waals surface area contributed by atoms with Crippen molar-refractivity contribution in [3.63, 3.8) is 0 Å². The Kier molecular flexibility index (Phi) is 6.02. The van der Waals surface area contributed by atoms with Crippen LogP contribution < -0.4 is 10.6 Å². The molecule has 1 aromatic rings. The van der Waals surface area contributed by atoms with Crippen molar-refractivity contribution in [3.05, 3.63) is 30.1 Å². The van der Waals surface area contributed by atoms with Crippen LogP contribution in [0, 0.1) is 11.7 Å². The van der Waals surface area contributed by atoms with Gasteiger partial charge in [-0.3, -0.25) is 4.79 Å². The Hall–Kier alpha value is -1.11. The highest BCUT2D eigenvalue weighted by Crippen LogP contribution is 2.18. The molecule has 0 bridgehead atoms. The van der Waals surface area contributed by atoms with Gasteiger partial charge in [-0.25, -0.2) is 4.39 Å². The minimum absolute atomic E-state index is 0.000479. The van der Waals surface area contributed by atoms with Crippen LogP contribution in [-0.4, -0.2) is 42.5 Å². The maximum absolute atomic E-state index is 12.8. The molecule has 1 aliphatic rings. The van der Waals surface area contributed by atoms with E-state index in [1.54, 1.807) is 12.1 Å². The highest BCUT2D eigenvalue weighted by Gasteiger charge is 2.26. The molecule has 0 saturated carbocycles. The van der Waals surface area contributed by atoms with Gasteiger partial charge in [-0.05, 0) is 24.3 Å². The zero-order valence-corrected chi connectivity index (χ0v) is 12.7. The van der Waals surface area contributed by atoms with Crippen LogP contribution in [0.3, 0.4) is 0 Å². The molecule has 1 aromatic carbocycles. The van der Waals surface area contributed by atoms with Crippen LogP contribution >= 0.6 is 11.8 Å². The first-order valence-electron chi connectivity index (χ1n) is 7.24. The van der Waals surface area contributed by atoms with Crippen molar-refractivity contribution in [2.24, 2.45) is 11.7 Å². The zero-order valence-electron chi connectivity index (χ0n) is 11.9. The number of piperidine rings is 1. The van der Waals surface area contributed by atoms with Crippen LogP contribution in [0.4, 0.5) is 4.39 Å². The number of benzene rings is 1. The third-order valence-electron chi connectivity index (χ3n) is 3.88. The number of carbonyl (C=O) groups is 1. The van der Waals surface area contributed by atoms with Gasteiger partial charge in [0.05, 0.1) is 13.1 Å². The predicted molar refractivity (Wildman–Crippen MR) is 80.6 cm³/mol. The molecule has 1 saturated heterocycles. The molecule has 4 nitrogen and oxygen atoms in total. The molecule has 0 unspecified atom stereocenters. The van der Waals surface area contributed by atoms with Crippen molar-refractivity contribution in [1.29, 1.82) is 0 Å². The zero-order chi connectivity index (χ0) is 15.2. The van der Waals surface area contributed by atoms with E-state index < -0.39 is 6.10 Å². The Balaban J connectivity index is 1.69. The standard InChI is InChI=1S/C15H21FN2O2S/c16-12-1-3-14(4-2-12)21-10-13(19)9-18-7-5-11(6-8-18)15(17)20/h1-4,11,13,19H,5-10H2,(H2,17,20)/p+1/t13-/m0/s1. The molecule has 0 spiro atoms. The van der Waals surface area contributed by atoms with Crippen molar-refractivity contribution in [2.75, 3.05) is 25.4 Å². The highest BCUT2D eigenvalue weighted by molar-refractivity contribution is 7.99. The fraction of sp³-hybridized carbons (Fsp3) is 0.533. The van der Waals surface area contributed by atoms with Crippen LogP contribution in [0.2, 0.25) is 0 Å². The first kappa shape index (κ1) is 16.3. The fourth-order valence-corrected chi connectivity index (χ4v) is 3.46. The maximum Gasteiger partial charge on any atom is 0.220 e. The van der Waals surface area contributed by atoms with Crippen molar-refractivity contribution in [2.45, 2.75) is 23.8 Å². The Labute approximate surface area is 128 Å². The van der Waals surface area contributed by atoms with Gasteiger partial charge in [0.1, 0.15) is 18.5 Å². The molecule has 0 aliphatic carbocycles. The van der Waals surface area contributed by atoms with E-state index in [1.165, 1.54) is 28.8 Å². The maximum atomic E-state index is 12.8. The van der Waals surface area contributed by atoms with Gasteiger partial charge < -0.3 is 15.7 Å². The molecule has 2 rings (SSSR count). The molecule has 21 heavy (non-hydrogen) atoms. The van der Waals surface area contributed by atoms with Crippen LogP contribution in [0.1, 0.15) is 12.8 Å². The number of hydrogen-bond donors (Lipinski definition) is 3. The van der Waals surface area contributed by atoms with Gasteiger partial charge >= 0.3 is 0 Å². The van der Waals surface area contributed by atoms with Crippen LogP contribution in [0.5, 0.6) is 0 Å². The fourth-order valence-electron chi connectivity index (χ4n) is 2.63. The van der Waals surface area contributed by atoms with Crippen molar-refractivity contribution in [3.8, 4) is 0 Å². The molecular weight excluding hydrogens is 291 g/mol. The van der Waals surface area contributed by atoms with E-state index in [2.05, 4.69) is 0 Å². The molecule has 4 N–H and O–H groups in total. The van der Waals surface area contributed by atoms with E-state index >= 15 is 0 Å². The summed E-state index contributed by atoms with van der Waals surface area (Å²) in [5, 5.41) is 10.1. The third kappa shape index (κ3) is 5.30. The largest absolute Gasteiger partial charge is 0.386 e. The molecule has 1 aliphatic heterocycles. The second-order valence-electron chi connectivity index (χ2n) is 5.55. The number of likely N-dealkylation sites (tertiary alicyclic amines) is 1. The lowest BCUT2D eigenvalue weighted by Gasteiger charge is -2.29. The minimum atomic E-state index is -0.403. The Morgan fingerprint density at radius 3 is 2.57 bits per heavy atom. The average molecular weight is 313 g/mol. The summed E-state index contributed by atoms with van der Waals surface area (Å²) in [6.45, 7) is 2.44. The van der Waals surface area contributed by atoms with Gasteiger partial charge in [-0.2, -0.15) is 0 Å². The summed E-state index contributed by atoms with van der Waals surface area (Å²) in [7, 11) is 0. The number of hydrogen-bond acceptors (Lipinski definition) is 3. The van der Waals surface area contributed by atoms with Gasteiger partial charge in [0.2, 0.25) is 5.91 Å². The van der Waals surface area contributed by atoms with Crippen molar-refractivity contribution < 1.29 is 19.2 Å². The summed E-state index contributed by atoms with van der Waals surface area (Å²) in [5.41, 5.74) is 5.31. The summed E-state index contributed by atoms with van der Waals surface area (Å²) in [6, 6.07) is 6.29. The van der Waals surface area contributed by atoms with Crippen molar-refractivity contribution in [1.82, 2.24) is 0 Å². The number of thioether (sulfide) groups is 1. The molecule has 0 radical (unpaired) electrons. The number of amides is 1. The van der Waals surface area contributed by atoms with E-state index in [9.17, 15) is 14.3 Å². The van der Waals surface area contributed by atoms with E-state index in [-0.39, 0.29) is 17.6 Å². The monoisotopic (exact) mass is 313 g/mol. The molecule has 6 heteroatoms. The normalized spacial score (nSPS) is 23.7. The van der Waals surface area contributed by atoms with Crippen LogP contribution in [0.25, 0.3) is 0 Å². The predicted octanol–water partition coefficient (Wildman–Crippen LogP) is 0.0589. The number of rotatable bonds is 6. The lowest BCUT2D eigenvalue weighted by molar-refractivity contribution is -0.908. The Bertz CT molecular complexity index is 461. The summed E-state index contributed by atoms with van der Waals surface area (Å²) in [6.07, 6.45) is 1.21. The number of primary amides is 1. The van der Waals surface area contributed by atoms with Crippen LogP contribution in [-0.2, 0) is 4.79 Å². The molecule has 1 heterocycles. The highest BCUT2D eigenvalue weighted by atomic mass is 32.2. The van der Waals surface area contributed by atoms with Gasteiger partial charge in [-0.1, -0.05) is 0 Å². The van der Waals surface area contributed by atoms with Crippen LogP contribution in [0.15, 0.2) is 29.2 Å². The van der Waals surface area contributed by atoms with E-state index in [1.807, 2.05) is 0 Å².